The minimum Gasteiger partial charge on any atom is -0.496 e. The van der Waals surface area contributed by atoms with Crippen LogP contribution in [-0.4, -0.2) is 29.2 Å². The van der Waals surface area contributed by atoms with E-state index in [1.54, 1.807) is 6.07 Å². The summed E-state index contributed by atoms with van der Waals surface area (Å²) in [5.41, 5.74) is 0.313. The van der Waals surface area contributed by atoms with Gasteiger partial charge < -0.3 is 19.7 Å². The van der Waals surface area contributed by atoms with E-state index < -0.39 is 11.9 Å². The van der Waals surface area contributed by atoms with Gasteiger partial charge in [0.15, 0.2) is 5.69 Å². The number of carboxylic acid groups (broad SMARTS) is 1. The standard InChI is InChI=1S/C16H18N2O5/c1-16(2,3)13-8-11(18-23-13)14(19)17-9-5-6-10(15(20)21)12(7-9)22-4/h5-8H,1-4H3,(H,17,19)(H,20,21). The number of benzene rings is 1. The highest BCUT2D eigenvalue weighted by Gasteiger charge is 2.22. The fraction of sp³-hybridized carbons (Fsp3) is 0.312. The fourth-order valence-electron chi connectivity index (χ4n) is 1.88. The average Bonchev–Trinajstić information content (AvgIpc) is 2.96. The van der Waals surface area contributed by atoms with Gasteiger partial charge in [-0.2, -0.15) is 0 Å². The van der Waals surface area contributed by atoms with E-state index in [4.69, 9.17) is 14.4 Å². The Hall–Kier alpha value is -2.83. The van der Waals surface area contributed by atoms with Gasteiger partial charge in [0.25, 0.3) is 5.91 Å². The molecule has 2 aromatic rings. The summed E-state index contributed by atoms with van der Waals surface area (Å²) in [4.78, 5) is 23.2. The summed E-state index contributed by atoms with van der Waals surface area (Å²) >= 11 is 0. The SMILES string of the molecule is COc1cc(NC(=O)c2cc(C(C)(C)C)on2)ccc1C(=O)O. The number of hydrogen-bond donors (Lipinski definition) is 2. The Morgan fingerprint density at radius 2 is 1.96 bits per heavy atom. The molecule has 0 saturated heterocycles. The van der Waals surface area contributed by atoms with Crippen LogP contribution in [0.4, 0.5) is 5.69 Å². The van der Waals surface area contributed by atoms with Crippen molar-refractivity contribution in [2.24, 2.45) is 0 Å². The van der Waals surface area contributed by atoms with Crippen molar-refractivity contribution in [1.29, 1.82) is 0 Å². The summed E-state index contributed by atoms with van der Waals surface area (Å²) in [5.74, 6) is -0.798. The van der Waals surface area contributed by atoms with Gasteiger partial charge in [-0.15, -0.1) is 0 Å². The number of aromatic nitrogens is 1. The van der Waals surface area contributed by atoms with E-state index in [0.29, 0.717) is 11.4 Å². The van der Waals surface area contributed by atoms with Gasteiger partial charge in [-0.25, -0.2) is 4.79 Å². The molecule has 7 heteroatoms. The molecule has 1 heterocycles. The zero-order valence-corrected chi connectivity index (χ0v) is 13.3. The zero-order chi connectivity index (χ0) is 17.2. The summed E-state index contributed by atoms with van der Waals surface area (Å²) in [6, 6.07) is 5.86. The maximum Gasteiger partial charge on any atom is 0.339 e. The van der Waals surface area contributed by atoms with Crippen LogP contribution in [0.25, 0.3) is 0 Å². The fourth-order valence-corrected chi connectivity index (χ4v) is 1.88. The van der Waals surface area contributed by atoms with Crippen LogP contribution in [0.5, 0.6) is 5.75 Å². The number of amides is 1. The van der Waals surface area contributed by atoms with Gasteiger partial charge in [-0.05, 0) is 12.1 Å². The molecule has 0 aliphatic heterocycles. The number of ether oxygens (including phenoxy) is 1. The van der Waals surface area contributed by atoms with Crippen molar-refractivity contribution in [2.45, 2.75) is 26.2 Å². The number of anilines is 1. The molecule has 1 aromatic heterocycles. The normalized spacial score (nSPS) is 11.1. The summed E-state index contributed by atoms with van der Waals surface area (Å²) in [5, 5.41) is 15.4. The number of methoxy groups -OCH3 is 1. The molecule has 122 valence electrons. The lowest BCUT2D eigenvalue weighted by Crippen LogP contribution is -2.13. The smallest absolute Gasteiger partial charge is 0.339 e. The predicted molar refractivity (Wildman–Crippen MR) is 83.1 cm³/mol. The molecular weight excluding hydrogens is 300 g/mol. The van der Waals surface area contributed by atoms with Crippen molar-refractivity contribution in [1.82, 2.24) is 5.16 Å². The Morgan fingerprint density at radius 3 is 2.48 bits per heavy atom. The molecular formula is C16H18N2O5. The van der Waals surface area contributed by atoms with Crippen molar-refractivity contribution in [3.05, 3.63) is 41.3 Å². The Bertz CT molecular complexity index is 743. The molecule has 0 radical (unpaired) electrons. The first-order valence-corrected chi connectivity index (χ1v) is 6.92. The Morgan fingerprint density at radius 1 is 1.26 bits per heavy atom. The molecule has 0 fully saturated rings. The minimum atomic E-state index is -1.11. The predicted octanol–water partition coefficient (Wildman–Crippen LogP) is 2.93. The second-order valence-electron chi connectivity index (χ2n) is 6.00. The molecule has 1 aromatic carbocycles. The minimum absolute atomic E-state index is 0.0157. The van der Waals surface area contributed by atoms with Gasteiger partial charge in [0.2, 0.25) is 0 Å². The Labute approximate surface area is 133 Å². The molecule has 0 aliphatic rings. The quantitative estimate of drug-likeness (QED) is 0.898. The van der Waals surface area contributed by atoms with Crippen LogP contribution in [0.1, 0.15) is 47.4 Å². The van der Waals surface area contributed by atoms with Gasteiger partial charge in [0, 0.05) is 23.2 Å². The van der Waals surface area contributed by atoms with Gasteiger partial charge in [-0.3, -0.25) is 4.79 Å². The Kier molecular flexibility index (Phi) is 4.40. The molecule has 0 aliphatic carbocycles. The summed E-state index contributed by atoms with van der Waals surface area (Å²) in [7, 11) is 1.36. The second kappa shape index (κ2) is 6.12. The van der Waals surface area contributed by atoms with Crippen LogP contribution in [-0.2, 0) is 5.41 Å². The van der Waals surface area contributed by atoms with E-state index in [1.807, 2.05) is 20.8 Å². The van der Waals surface area contributed by atoms with Crippen LogP contribution in [0, 0.1) is 0 Å². The van der Waals surface area contributed by atoms with Crippen LogP contribution >= 0.6 is 0 Å². The second-order valence-corrected chi connectivity index (χ2v) is 6.00. The van der Waals surface area contributed by atoms with Crippen LogP contribution in [0.15, 0.2) is 28.8 Å². The van der Waals surface area contributed by atoms with E-state index >= 15 is 0 Å². The zero-order valence-electron chi connectivity index (χ0n) is 13.3. The lowest BCUT2D eigenvalue weighted by molar-refractivity contribution is 0.0693. The van der Waals surface area contributed by atoms with Crippen molar-refractivity contribution in [3.63, 3.8) is 0 Å². The molecule has 2 N–H and O–H groups in total. The van der Waals surface area contributed by atoms with Crippen molar-refractivity contribution < 1.29 is 24.0 Å². The van der Waals surface area contributed by atoms with E-state index in [0.717, 1.165) is 0 Å². The summed E-state index contributed by atoms with van der Waals surface area (Å²) in [6.45, 7) is 5.85. The summed E-state index contributed by atoms with van der Waals surface area (Å²) in [6.07, 6.45) is 0. The highest BCUT2D eigenvalue weighted by Crippen LogP contribution is 2.25. The van der Waals surface area contributed by atoms with E-state index in [9.17, 15) is 9.59 Å². The molecule has 7 nitrogen and oxygen atoms in total. The maximum atomic E-state index is 12.2. The third-order valence-corrected chi connectivity index (χ3v) is 3.17. The van der Waals surface area contributed by atoms with E-state index in [2.05, 4.69) is 10.5 Å². The number of carbonyl (C=O) groups excluding carboxylic acids is 1. The highest BCUT2D eigenvalue weighted by molar-refractivity contribution is 6.03. The average molecular weight is 318 g/mol. The highest BCUT2D eigenvalue weighted by atomic mass is 16.5. The van der Waals surface area contributed by atoms with E-state index in [1.165, 1.54) is 25.3 Å². The van der Waals surface area contributed by atoms with Crippen molar-refractivity contribution >= 4 is 17.6 Å². The number of nitrogens with zero attached hydrogens (tertiary/aromatic N) is 1. The molecule has 23 heavy (non-hydrogen) atoms. The lowest BCUT2D eigenvalue weighted by Gasteiger charge is -2.12. The maximum absolute atomic E-state index is 12.2. The van der Waals surface area contributed by atoms with Crippen LogP contribution in [0.3, 0.4) is 0 Å². The Balaban J connectivity index is 2.20. The molecule has 0 bridgehead atoms. The largest absolute Gasteiger partial charge is 0.496 e. The lowest BCUT2D eigenvalue weighted by atomic mass is 9.93. The number of rotatable bonds is 4. The first-order valence-electron chi connectivity index (χ1n) is 6.92. The van der Waals surface area contributed by atoms with E-state index in [-0.39, 0.29) is 22.4 Å². The van der Waals surface area contributed by atoms with Crippen LogP contribution < -0.4 is 10.1 Å². The third kappa shape index (κ3) is 3.68. The molecule has 0 unspecified atom stereocenters. The van der Waals surface area contributed by atoms with Gasteiger partial charge in [0.05, 0.1) is 7.11 Å². The van der Waals surface area contributed by atoms with Gasteiger partial charge in [0.1, 0.15) is 17.1 Å². The first kappa shape index (κ1) is 16.5. The third-order valence-electron chi connectivity index (χ3n) is 3.17. The summed E-state index contributed by atoms with van der Waals surface area (Å²) < 4.78 is 10.2. The van der Waals surface area contributed by atoms with Gasteiger partial charge >= 0.3 is 5.97 Å². The molecule has 0 spiro atoms. The monoisotopic (exact) mass is 318 g/mol. The van der Waals surface area contributed by atoms with Crippen LogP contribution in [0.2, 0.25) is 0 Å². The first-order chi connectivity index (χ1) is 10.7. The molecule has 1 amide bonds. The number of carboxylic acids is 1. The number of carbonyl (C=O) groups is 2. The number of aromatic carboxylic acids is 1. The van der Waals surface area contributed by atoms with Crippen molar-refractivity contribution in [2.75, 3.05) is 12.4 Å². The number of nitrogens with one attached hydrogen (secondary N) is 1. The van der Waals surface area contributed by atoms with Crippen molar-refractivity contribution in [3.8, 4) is 5.75 Å². The molecule has 2 rings (SSSR count). The molecule has 0 saturated carbocycles. The topological polar surface area (TPSA) is 102 Å². The number of hydrogen-bond acceptors (Lipinski definition) is 5. The van der Waals surface area contributed by atoms with Gasteiger partial charge in [-0.1, -0.05) is 25.9 Å². The molecule has 0 atom stereocenters.